The van der Waals surface area contributed by atoms with E-state index >= 15 is 0 Å². The lowest BCUT2D eigenvalue weighted by Crippen LogP contribution is -2.41. The highest BCUT2D eigenvalue weighted by molar-refractivity contribution is 5.76. The van der Waals surface area contributed by atoms with Crippen molar-refractivity contribution in [2.45, 2.75) is 32.3 Å². The minimum Gasteiger partial charge on any atom is -0.493 e. The summed E-state index contributed by atoms with van der Waals surface area (Å²) in [5.41, 5.74) is 0. The van der Waals surface area contributed by atoms with Crippen LogP contribution in [-0.2, 0) is 14.3 Å². The van der Waals surface area contributed by atoms with Crippen LogP contribution in [0, 0.1) is 0 Å². The van der Waals surface area contributed by atoms with Crippen LogP contribution in [0.4, 0.5) is 0 Å². The monoisotopic (exact) mass is 334 g/mol. The molecule has 1 aromatic carbocycles. The second kappa shape index (κ2) is 9.93. The number of ether oxygens (including phenoxy) is 2. The van der Waals surface area contributed by atoms with E-state index in [0.717, 1.165) is 25.2 Å². The minimum absolute atomic E-state index is 0.00663. The van der Waals surface area contributed by atoms with Crippen LogP contribution in [0.3, 0.4) is 0 Å². The van der Waals surface area contributed by atoms with E-state index in [4.69, 9.17) is 9.47 Å². The van der Waals surface area contributed by atoms with Crippen molar-refractivity contribution in [2.75, 3.05) is 32.8 Å². The number of rotatable bonds is 9. The van der Waals surface area contributed by atoms with Crippen LogP contribution in [0.2, 0.25) is 0 Å². The van der Waals surface area contributed by atoms with Gasteiger partial charge in [-0.05, 0) is 25.0 Å². The van der Waals surface area contributed by atoms with Crippen molar-refractivity contribution in [2.24, 2.45) is 0 Å². The number of carbonyl (C=O) groups is 2. The number of amides is 2. The summed E-state index contributed by atoms with van der Waals surface area (Å²) in [5.74, 6) is 0.684. The average molecular weight is 334 g/mol. The lowest BCUT2D eigenvalue weighted by atomic mass is 10.2. The molecule has 0 aromatic heterocycles. The van der Waals surface area contributed by atoms with E-state index in [2.05, 4.69) is 5.32 Å². The molecule has 0 radical (unpaired) electrons. The molecule has 132 valence electrons. The molecule has 0 aliphatic carbocycles. The number of benzene rings is 1. The Labute approximate surface area is 143 Å². The predicted molar refractivity (Wildman–Crippen MR) is 90.8 cm³/mol. The lowest BCUT2D eigenvalue weighted by Gasteiger charge is -2.24. The van der Waals surface area contributed by atoms with Crippen molar-refractivity contribution in [3.63, 3.8) is 0 Å². The predicted octanol–water partition coefficient (Wildman–Crippen LogP) is 1.60. The Balaban J connectivity index is 1.60. The van der Waals surface area contributed by atoms with Crippen LogP contribution in [-0.4, -0.2) is 55.7 Å². The van der Waals surface area contributed by atoms with Crippen molar-refractivity contribution < 1.29 is 19.1 Å². The van der Waals surface area contributed by atoms with Gasteiger partial charge in [0.2, 0.25) is 11.8 Å². The first-order chi connectivity index (χ1) is 11.6. The van der Waals surface area contributed by atoms with Crippen LogP contribution in [0.25, 0.3) is 0 Å². The summed E-state index contributed by atoms with van der Waals surface area (Å²) >= 11 is 0. The Kier molecular flexibility index (Phi) is 7.55. The maximum atomic E-state index is 11.8. The Morgan fingerprint density at radius 1 is 1.33 bits per heavy atom. The smallest absolute Gasteiger partial charge is 0.223 e. The summed E-state index contributed by atoms with van der Waals surface area (Å²) in [6.45, 7) is 4.19. The molecule has 1 fully saturated rings. The van der Waals surface area contributed by atoms with E-state index in [1.54, 1.807) is 11.8 Å². The molecular formula is C18H26N2O4. The van der Waals surface area contributed by atoms with E-state index in [9.17, 15) is 9.59 Å². The number of nitrogens with zero attached hydrogens (tertiary/aromatic N) is 1. The standard InChI is InChI=1S/C18H26N2O4/c1-15(21)20(14-17-8-5-12-23-17)11-10-19-18(22)9-13-24-16-6-3-2-4-7-16/h2-4,6-7,17H,5,8-14H2,1H3,(H,19,22). The van der Waals surface area contributed by atoms with Crippen LogP contribution in [0.5, 0.6) is 5.75 Å². The van der Waals surface area contributed by atoms with Gasteiger partial charge in [0.15, 0.2) is 0 Å². The topological polar surface area (TPSA) is 67.9 Å². The third kappa shape index (κ3) is 6.58. The fourth-order valence-electron chi connectivity index (χ4n) is 2.61. The van der Waals surface area contributed by atoms with Gasteiger partial charge in [0.1, 0.15) is 5.75 Å². The van der Waals surface area contributed by atoms with Crippen LogP contribution >= 0.6 is 0 Å². The van der Waals surface area contributed by atoms with Crippen LogP contribution in [0.1, 0.15) is 26.2 Å². The van der Waals surface area contributed by atoms with Gasteiger partial charge in [-0.3, -0.25) is 9.59 Å². The van der Waals surface area contributed by atoms with E-state index < -0.39 is 0 Å². The molecule has 1 N–H and O–H groups in total. The fourth-order valence-corrected chi connectivity index (χ4v) is 2.61. The second-order valence-electron chi connectivity index (χ2n) is 5.86. The average Bonchev–Trinajstić information content (AvgIpc) is 3.08. The van der Waals surface area contributed by atoms with Gasteiger partial charge >= 0.3 is 0 Å². The van der Waals surface area contributed by atoms with E-state index in [1.807, 2.05) is 30.3 Å². The van der Waals surface area contributed by atoms with Crippen molar-refractivity contribution in [1.82, 2.24) is 10.2 Å². The molecule has 1 aliphatic heterocycles. The molecule has 0 spiro atoms. The molecule has 1 heterocycles. The first kappa shape index (κ1) is 18.3. The number of carbonyl (C=O) groups excluding carboxylic acids is 2. The summed E-state index contributed by atoms with van der Waals surface area (Å²) in [7, 11) is 0. The molecule has 1 aliphatic rings. The third-order valence-electron chi connectivity index (χ3n) is 3.94. The van der Waals surface area contributed by atoms with E-state index in [-0.39, 0.29) is 17.9 Å². The van der Waals surface area contributed by atoms with E-state index in [1.165, 1.54) is 0 Å². The molecule has 24 heavy (non-hydrogen) atoms. The van der Waals surface area contributed by atoms with Crippen molar-refractivity contribution in [3.8, 4) is 5.75 Å². The maximum absolute atomic E-state index is 11.8. The maximum Gasteiger partial charge on any atom is 0.223 e. The van der Waals surface area contributed by atoms with Gasteiger partial charge < -0.3 is 19.7 Å². The largest absolute Gasteiger partial charge is 0.493 e. The van der Waals surface area contributed by atoms with Crippen molar-refractivity contribution >= 4 is 11.8 Å². The first-order valence-electron chi connectivity index (χ1n) is 8.47. The summed E-state index contributed by atoms with van der Waals surface area (Å²) in [4.78, 5) is 25.2. The zero-order valence-electron chi connectivity index (χ0n) is 14.2. The highest BCUT2D eigenvalue weighted by Crippen LogP contribution is 2.13. The van der Waals surface area contributed by atoms with E-state index in [0.29, 0.717) is 32.7 Å². The molecule has 1 unspecified atom stereocenters. The van der Waals surface area contributed by atoms with Crippen molar-refractivity contribution in [3.05, 3.63) is 30.3 Å². The SMILES string of the molecule is CC(=O)N(CCNC(=O)CCOc1ccccc1)CC1CCCO1. The highest BCUT2D eigenvalue weighted by atomic mass is 16.5. The Hall–Kier alpha value is -2.08. The molecule has 1 saturated heterocycles. The molecule has 1 aromatic rings. The summed E-state index contributed by atoms with van der Waals surface area (Å²) in [6.07, 6.45) is 2.46. The summed E-state index contributed by atoms with van der Waals surface area (Å²) < 4.78 is 11.0. The van der Waals surface area contributed by atoms with Gasteiger partial charge in [-0.25, -0.2) is 0 Å². The van der Waals surface area contributed by atoms with Gasteiger partial charge in [0.05, 0.1) is 19.1 Å². The molecule has 2 amide bonds. The molecule has 6 heteroatoms. The van der Waals surface area contributed by atoms with Crippen LogP contribution in [0.15, 0.2) is 30.3 Å². The van der Waals surface area contributed by atoms with Crippen LogP contribution < -0.4 is 10.1 Å². The minimum atomic E-state index is -0.0773. The van der Waals surface area contributed by atoms with Gasteiger partial charge in [0, 0.05) is 33.2 Å². The quantitative estimate of drug-likeness (QED) is 0.745. The first-order valence-corrected chi connectivity index (χ1v) is 8.47. The van der Waals surface area contributed by atoms with Gasteiger partial charge in [0.25, 0.3) is 0 Å². The van der Waals surface area contributed by atoms with Gasteiger partial charge in [-0.2, -0.15) is 0 Å². The summed E-state index contributed by atoms with van der Waals surface area (Å²) in [6, 6.07) is 9.40. The third-order valence-corrected chi connectivity index (χ3v) is 3.94. The number of hydrogen-bond donors (Lipinski definition) is 1. The van der Waals surface area contributed by atoms with Crippen molar-refractivity contribution in [1.29, 1.82) is 0 Å². The lowest BCUT2D eigenvalue weighted by molar-refractivity contribution is -0.131. The zero-order valence-corrected chi connectivity index (χ0v) is 14.2. The normalized spacial score (nSPS) is 16.6. The summed E-state index contributed by atoms with van der Waals surface area (Å²) in [5, 5.41) is 2.83. The molecule has 2 rings (SSSR count). The fraction of sp³-hybridized carbons (Fsp3) is 0.556. The highest BCUT2D eigenvalue weighted by Gasteiger charge is 2.20. The number of nitrogens with one attached hydrogen (secondary N) is 1. The number of para-hydroxylation sites is 1. The Morgan fingerprint density at radius 3 is 2.79 bits per heavy atom. The Morgan fingerprint density at radius 2 is 2.12 bits per heavy atom. The molecule has 1 atom stereocenters. The second-order valence-corrected chi connectivity index (χ2v) is 5.86. The van der Waals surface area contributed by atoms with Gasteiger partial charge in [-0.1, -0.05) is 18.2 Å². The number of hydrogen-bond acceptors (Lipinski definition) is 4. The molecular weight excluding hydrogens is 308 g/mol. The Bertz CT molecular complexity index is 515. The van der Waals surface area contributed by atoms with Gasteiger partial charge in [-0.15, -0.1) is 0 Å². The molecule has 0 bridgehead atoms. The molecule has 0 saturated carbocycles. The zero-order chi connectivity index (χ0) is 17.2. The molecule has 6 nitrogen and oxygen atoms in total.